The predicted molar refractivity (Wildman–Crippen MR) is 126 cm³/mol. The van der Waals surface area contributed by atoms with Crippen molar-refractivity contribution in [1.82, 2.24) is 15.5 Å². The Labute approximate surface area is 190 Å². The van der Waals surface area contributed by atoms with Gasteiger partial charge in [0.2, 0.25) is 0 Å². The van der Waals surface area contributed by atoms with Gasteiger partial charge >= 0.3 is 0 Å². The first kappa shape index (κ1) is 24.0. The molecule has 7 heteroatoms. The fourth-order valence-corrected chi connectivity index (χ4v) is 3.69. The van der Waals surface area contributed by atoms with Crippen molar-refractivity contribution in [2.75, 3.05) is 34.4 Å². The molecular weight excluding hydrogens is 407 g/mol. The minimum absolute atomic E-state index is 0.179. The molecule has 0 radical (unpaired) electrons. The number of ether oxygens (including phenoxy) is 2. The SMILES string of the molecule is CN=C(NCc1ccc(F)c(CN(C)C)c1)NCc1ccc(C)cc1OCC1CCCO1. The average molecular weight is 443 g/mol. The highest BCUT2D eigenvalue weighted by Gasteiger charge is 2.17. The Morgan fingerprint density at radius 3 is 2.69 bits per heavy atom. The Morgan fingerprint density at radius 1 is 1.16 bits per heavy atom. The lowest BCUT2D eigenvalue weighted by atomic mass is 10.1. The minimum Gasteiger partial charge on any atom is -0.491 e. The van der Waals surface area contributed by atoms with Gasteiger partial charge in [-0.15, -0.1) is 0 Å². The molecule has 1 aliphatic rings. The number of hydrogen-bond donors (Lipinski definition) is 2. The highest BCUT2D eigenvalue weighted by atomic mass is 19.1. The van der Waals surface area contributed by atoms with Gasteiger partial charge in [-0.05, 0) is 63.2 Å². The van der Waals surface area contributed by atoms with E-state index in [0.717, 1.165) is 41.9 Å². The molecule has 0 spiro atoms. The van der Waals surface area contributed by atoms with Crippen LogP contribution in [0, 0.1) is 12.7 Å². The zero-order chi connectivity index (χ0) is 22.9. The zero-order valence-electron chi connectivity index (χ0n) is 19.6. The molecule has 0 aromatic heterocycles. The van der Waals surface area contributed by atoms with E-state index in [1.54, 1.807) is 13.1 Å². The van der Waals surface area contributed by atoms with Crippen LogP contribution in [-0.4, -0.2) is 51.3 Å². The van der Waals surface area contributed by atoms with Gasteiger partial charge in [0.25, 0.3) is 0 Å². The third-order valence-corrected chi connectivity index (χ3v) is 5.40. The van der Waals surface area contributed by atoms with E-state index >= 15 is 0 Å². The predicted octanol–water partition coefficient (Wildman–Crippen LogP) is 3.62. The summed E-state index contributed by atoms with van der Waals surface area (Å²) in [5.74, 6) is 1.37. The number of aliphatic imine (C=N–C) groups is 1. The molecule has 1 atom stereocenters. The van der Waals surface area contributed by atoms with Crippen LogP contribution in [0.15, 0.2) is 41.4 Å². The second kappa shape index (κ2) is 11.8. The number of rotatable bonds is 9. The van der Waals surface area contributed by atoms with Crippen LogP contribution in [0.4, 0.5) is 4.39 Å². The largest absolute Gasteiger partial charge is 0.491 e. The van der Waals surface area contributed by atoms with Crippen LogP contribution in [0.1, 0.15) is 35.1 Å². The molecule has 0 saturated carbocycles. The van der Waals surface area contributed by atoms with Gasteiger partial charge < -0.3 is 25.0 Å². The Kier molecular flexibility index (Phi) is 8.88. The van der Waals surface area contributed by atoms with Gasteiger partial charge in [0.15, 0.2) is 5.96 Å². The number of guanidine groups is 1. The second-order valence-corrected chi connectivity index (χ2v) is 8.50. The summed E-state index contributed by atoms with van der Waals surface area (Å²) in [6.45, 7) is 5.15. The minimum atomic E-state index is -0.181. The summed E-state index contributed by atoms with van der Waals surface area (Å²) in [6, 6.07) is 11.4. The third kappa shape index (κ3) is 7.21. The van der Waals surface area contributed by atoms with Gasteiger partial charge in [0.05, 0.1) is 6.10 Å². The normalized spacial score (nSPS) is 16.4. The van der Waals surface area contributed by atoms with Crippen molar-refractivity contribution in [3.05, 3.63) is 64.5 Å². The first-order chi connectivity index (χ1) is 15.4. The lowest BCUT2D eigenvalue weighted by molar-refractivity contribution is 0.0676. The number of nitrogens with zero attached hydrogens (tertiary/aromatic N) is 2. The van der Waals surface area contributed by atoms with E-state index < -0.39 is 0 Å². The molecule has 2 aromatic carbocycles. The molecule has 6 nitrogen and oxygen atoms in total. The smallest absolute Gasteiger partial charge is 0.191 e. The van der Waals surface area contributed by atoms with E-state index in [4.69, 9.17) is 9.47 Å². The maximum atomic E-state index is 14.0. The van der Waals surface area contributed by atoms with Crippen molar-refractivity contribution >= 4 is 5.96 Å². The third-order valence-electron chi connectivity index (χ3n) is 5.40. The fraction of sp³-hybridized carbons (Fsp3) is 0.480. The Balaban J connectivity index is 1.56. The molecule has 1 heterocycles. The molecule has 0 aliphatic carbocycles. The standard InChI is InChI=1S/C25H35FN4O2/c1-18-7-9-20(24(12-18)32-17-22-6-5-11-31-22)15-29-25(27-2)28-14-19-8-10-23(26)21(13-19)16-30(3)4/h7-10,12-13,22H,5-6,11,14-17H2,1-4H3,(H2,27,28,29). The van der Waals surface area contributed by atoms with Crippen molar-refractivity contribution in [1.29, 1.82) is 0 Å². The molecular formula is C25H35FN4O2. The van der Waals surface area contributed by atoms with E-state index in [0.29, 0.717) is 37.8 Å². The van der Waals surface area contributed by atoms with E-state index in [1.807, 2.05) is 25.1 Å². The lowest BCUT2D eigenvalue weighted by Gasteiger charge is -2.17. The topological polar surface area (TPSA) is 58.1 Å². The second-order valence-electron chi connectivity index (χ2n) is 8.50. The van der Waals surface area contributed by atoms with Crippen molar-refractivity contribution in [3.63, 3.8) is 0 Å². The summed E-state index contributed by atoms with van der Waals surface area (Å²) in [6.07, 6.45) is 2.33. The molecule has 0 bridgehead atoms. The number of halogens is 1. The van der Waals surface area contributed by atoms with Gasteiger partial charge in [-0.1, -0.05) is 18.2 Å². The van der Waals surface area contributed by atoms with Crippen molar-refractivity contribution in [2.24, 2.45) is 4.99 Å². The van der Waals surface area contributed by atoms with E-state index in [1.165, 1.54) is 6.07 Å². The van der Waals surface area contributed by atoms with E-state index in [-0.39, 0.29) is 11.9 Å². The Morgan fingerprint density at radius 2 is 1.97 bits per heavy atom. The number of benzene rings is 2. The van der Waals surface area contributed by atoms with E-state index in [2.05, 4.69) is 40.7 Å². The number of hydrogen-bond acceptors (Lipinski definition) is 4. The zero-order valence-corrected chi connectivity index (χ0v) is 19.6. The van der Waals surface area contributed by atoms with E-state index in [9.17, 15) is 4.39 Å². The van der Waals surface area contributed by atoms with Crippen molar-refractivity contribution in [3.8, 4) is 5.75 Å². The van der Waals surface area contributed by atoms with Gasteiger partial charge in [-0.3, -0.25) is 4.99 Å². The molecule has 32 heavy (non-hydrogen) atoms. The lowest BCUT2D eigenvalue weighted by Crippen LogP contribution is -2.36. The van der Waals surface area contributed by atoms with Crippen LogP contribution < -0.4 is 15.4 Å². The molecule has 1 fully saturated rings. The summed E-state index contributed by atoms with van der Waals surface area (Å²) in [5, 5.41) is 6.65. The van der Waals surface area contributed by atoms with Gasteiger partial charge in [-0.25, -0.2) is 4.39 Å². The molecule has 2 N–H and O–H groups in total. The first-order valence-corrected chi connectivity index (χ1v) is 11.1. The van der Waals surface area contributed by atoms with Crippen LogP contribution in [0.2, 0.25) is 0 Å². The summed E-state index contributed by atoms with van der Waals surface area (Å²) >= 11 is 0. The summed E-state index contributed by atoms with van der Waals surface area (Å²) in [4.78, 5) is 6.27. The fourth-order valence-electron chi connectivity index (χ4n) is 3.69. The quantitative estimate of drug-likeness (QED) is 0.459. The molecule has 1 unspecified atom stereocenters. The molecule has 2 aromatic rings. The molecule has 3 rings (SSSR count). The average Bonchev–Trinajstić information content (AvgIpc) is 3.29. The van der Waals surface area contributed by atoms with Crippen LogP contribution in [-0.2, 0) is 24.4 Å². The first-order valence-electron chi connectivity index (χ1n) is 11.1. The highest BCUT2D eigenvalue weighted by molar-refractivity contribution is 5.79. The maximum Gasteiger partial charge on any atom is 0.191 e. The number of aryl methyl sites for hydroxylation is 1. The molecule has 1 saturated heterocycles. The Hall–Kier alpha value is -2.64. The molecule has 1 aliphatic heterocycles. The van der Waals surface area contributed by atoms with Gasteiger partial charge in [-0.2, -0.15) is 0 Å². The van der Waals surface area contributed by atoms with Crippen LogP contribution >= 0.6 is 0 Å². The summed E-state index contributed by atoms with van der Waals surface area (Å²) in [7, 11) is 5.60. The highest BCUT2D eigenvalue weighted by Crippen LogP contribution is 2.22. The Bertz CT molecular complexity index is 911. The van der Waals surface area contributed by atoms with Crippen molar-refractivity contribution < 1.29 is 13.9 Å². The van der Waals surface area contributed by atoms with Gasteiger partial charge in [0, 0.05) is 44.4 Å². The maximum absolute atomic E-state index is 14.0. The van der Waals surface area contributed by atoms with Crippen molar-refractivity contribution in [2.45, 2.75) is 45.5 Å². The van der Waals surface area contributed by atoms with Crippen LogP contribution in [0.25, 0.3) is 0 Å². The molecule has 0 amide bonds. The molecule has 174 valence electrons. The van der Waals surface area contributed by atoms with Crippen LogP contribution in [0.5, 0.6) is 5.75 Å². The summed E-state index contributed by atoms with van der Waals surface area (Å²) in [5.41, 5.74) is 3.90. The van der Waals surface area contributed by atoms with Crippen LogP contribution in [0.3, 0.4) is 0 Å². The van der Waals surface area contributed by atoms with Gasteiger partial charge in [0.1, 0.15) is 18.2 Å². The summed E-state index contributed by atoms with van der Waals surface area (Å²) < 4.78 is 25.8. The number of nitrogens with one attached hydrogen (secondary N) is 2. The monoisotopic (exact) mass is 442 g/mol.